The summed E-state index contributed by atoms with van der Waals surface area (Å²) in [6.45, 7) is 1.90. The molecule has 0 spiro atoms. The molecule has 3 aromatic rings. The SMILES string of the molecule is Cc1cc2ncc(C#N)c(-c3ccc(Cl)cc3)n2n1. The Balaban J connectivity index is 2.37. The Morgan fingerprint density at radius 3 is 2.68 bits per heavy atom. The summed E-state index contributed by atoms with van der Waals surface area (Å²) in [6.07, 6.45) is 1.57. The lowest BCUT2D eigenvalue weighted by atomic mass is 10.1. The number of fused-ring (bicyclic) bond motifs is 1. The summed E-state index contributed by atoms with van der Waals surface area (Å²) in [5.74, 6) is 0. The minimum absolute atomic E-state index is 0.484. The molecule has 3 rings (SSSR count). The van der Waals surface area contributed by atoms with Crippen molar-refractivity contribution in [1.82, 2.24) is 14.6 Å². The van der Waals surface area contributed by atoms with Crippen molar-refractivity contribution in [3.63, 3.8) is 0 Å². The van der Waals surface area contributed by atoms with Crippen LogP contribution >= 0.6 is 11.6 Å². The average Bonchev–Trinajstić information content (AvgIpc) is 2.79. The van der Waals surface area contributed by atoms with Gasteiger partial charge in [0.05, 0.1) is 17.0 Å². The Labute approximate surface area is 114 Å². The van der Waals surface area contributed by atoms with Crippen molar-refractivity contribution in [2.45, 2.75) is 6.92 Å². The number of halogens is 1. The largest absolute Gasteiger partial charge is 0.236 e. The number of hydrogen-bond donors (Lipinski definition) is 0. The fourth-order valence-corrected chi connectivity index (χ4v) is 2.14. The van der Waals surface area contributed by atoms with Crippen LogP contribution in [0, 0.1) is 18.3 Å². The molecule has 19 heavy (non-hydrogen) atoms. The molecule has 0 saturated carbocycles. The molecule has 5 heteroatoms. The van der Waals surface area contributed by atoms with Crippen LogP contribution in [-0.2, 0) is 0 Å². The van der Waals surface area contributed by atoms with Gasteiger partial charge in [0.1, 0.15) is 6.07 Å². The van der Waals surface area contributed by atoms with Crippen molar-refractivity contribution >= 4 is 17.2 Å². The van der Waals surface area contributed by atoms with Crippen LogP contribution in [0.3, 0.4) is 0 Å². The molecule has 0 fully saturated rings. The highest BCUT2D eigenvalue weighted by atomic mass is 35.5. The topological polar surface area (TPSA) is 54.0 Å². The lowest BCUT2D eigenvalue weighted by molar-refractivity contribution is 0.921. The Morgan fingerprint density at radius 1 is 1.26 bits per heavy atom. The Kier molecular flexibility index (Phi) is 2.69. The van der Waals surface area contributed by atoms with Gasteiger partial charge in [-0.25, -0.2) is 9.50 Å². The molecule has 0 aliphatic rings. The van der Waals surface area contributed by atoms with E-state index in [4.69, 9.17) is 11.6 Å². The van der Waals surface area contributed by atoms with Gasteiger partial charge in [0.2, 0.25) is 0 Å². The summed E-state index contributed by atoms with van der Waals surface area (Å²) in [5, 5.41) is 14.3. The Hall–Kier alpha value is -2.38. The molecule has 0 atom stereocenters. The van der Waals surface area contributed by atoms with E-state index in [-0.39, 0.29) is 0 Å². The third-order valence-corrected chi connectivity index (χ3v) is 3.10. The van der Waals surface area contributed by atoms with Crippen LogP contribution in [0.5, 0.6) is 0 Å². The van der Waals surface area contributed by atoms with Gasteiger partial charge in [0.15, 0.2) is 5.65 Å². The first-order valence-corrected chi connectivity index (χ1v) is 6.08. The third kappa shape index (κ3) is 1.94. The maximum atomic E-state index is 9.24. The molecule has 4 nitrogen and oxygen atoms in total. The number of hydrogen-bond acceptors (Lipinski definition) is 3. The molecular formula is C14H9ClN4. The number of aromatic nitrogens is 3. The predicted molar refractivity (Wildman–Crippen MR) is 72.9 cm³/mol. The molecule has 2 heterocycles. The van der Waals surface area contributed by atoms with E-state index >= 15 is 0 Å². The van der Waals surface area contributed by atoms with Gasteiger partial charge in [-0.05, 0) is 19.1 Å². The monoisotopic (exact) mass is 268 g/mol. The molecule has 92 valence electrons. The van der Waals surface area contributed by atoms with E-state index in [2.05, 4.69) is 16.2 Å². The predicted octanol–water partition coefficient (Wildman–Crippen LogP) is 3.23. The van der Waals surface area contributed by atoms with Gasteiger partial charge < -0.3 is 0 Å². The highest BCUT2D eigenvalue weighted by Crippen LogP contribution is 2.25. The van der Waals surface area contributed by atoms with Crippen molar-refractivity contribution in [3.8, 4) is 17.3 Å². The second kappa shape index (κ2) is 4.38. The van der Waals surface area contributed by atoms with Crippen LogP contribution in [0.1, 0.15) is 11.3 Å². The van der Waals surface area contributed by atoms with Crippen molar-refractivity contribution in [2.24, 2.45) is 0 Å². The maximum Gasteiger partial charge on any atom is 0.155 e. The summed E-state index contributed by atoms with van der Waals surface area (Å²) >= 11 is 5.90. The van der Waals surface area contributed by atoms with Gasteiger partial charge >= 0.3 is 0 Å². The smallest absolute Gasteiger partial charge is 0.155 e. The number of benzene rings is 1. The Bertz CT molecular complexity index is 797. The van der Waals surface area contributed by atoms with Crippen LogP contribution in [0.2, 0.25) is 5.02 Å². The lowest BCUT2D eigenvalue weighted by Gasteiger charge is -2.06. The summed E-state index contributed by atoms with van der Waals surface area (Å²) in [6, 6.07) is 11.4. The van der Waals surface area contributed by atoms with E-state index in [1.54, 1.807) is 22.8 Å². The van der Waals surface area contributed by atoms with Gasteiger partial charge in [0.25, 0.3) is 0 Å². The fourth-order valence-electron chi connectivity index (χ4n) is 2.02. The van der Waals surface area contributed by atoms with E-state index in [1.165, 1.54) is 0 Å². The first-order valence-electron chi connectivity index (χ1n) is 5.70. The molecule has 1 aromatic carbocycles. The minimum atomic E-state index is 0.484. The zero-order valence-corrected chi connectivity index (χ0v) is 10.9. The Morgan fingerprint density at radius 2 is 2.00 bits per heavy atom. The molecular weight excluding hydrogens is 260 g/mol. The summed E-state index contributed by atoms with van der Waals surface area (Å²) in [7, 11) is 0. The molecule has 0 unspecified atom stereocenters. The average molecular weight is 269 g/mol. The number of rotatable bonds is 1. The molecule has 0 bridgehead atoms. The van der Waals surface area contributed by atoms with Crippen molar-refractivity contribution < 1.29 is 0 Å². The lowest BCUT2D eigenvalue weighted by Crippen LogP contribution is -1.99. The van der Waals surface area contributed by atoms with Crippen LogP contribution in [0.25, 0.3) is 16.9 Å². The summed E-state index contributed by atoms with van der Waals surface area (Å²) < 4.78 is 1.69. The zero-order chi connectivity index (χ0) is 13.4. The van der Waals surface area contributed by atoms with Crippen LogP contribution in [0.4, 0.5) is 0 Å². The number of nitriles is 1. The molecule has 0 aliphatic heterocycles. The van der Waals surface area contributed by atoms with Crippen molar-refractivity contribution in [3.05, 3.63) is 52.8 Å². The maximum absolute atomic E-state index is 9.24. The second-order valence-electron chi connectivity index (χ2n) is 4.19. The quantitative estimate of drug-likeness (QED) is 0.681. The standard InChI is InChI=1S/C14H9ClN4/c1-9-6-13-17-8-11(7-16)14(19(13)18-9)10-2-4-12(15)5-3-10/h2-6,8H,1H3. The van der Waals surface area contributed by atoms with Gasteiger partial charge in [-0.1, -0.05) is 23.7 Å². The fraction of sp³-hybridized carbons (Fsp3) is 0.0714. The van der Waals surface area contributed by atoms with Crippen molar-refractivity contribution in [1.29, 1.82) is 5.26 Å². The second-order valence-corrected chi connectivity index (χ2v) is 4.63. The van der Waals surface area contributed by atoms with E-state index in [0.29, 0.717) is 10.6 Å². The van der Waals surface area contributed by atoms with Gasteiger partial charge in [-0.2, -0.15) is 10.4 Å². The minimum Gasteiger partial charge on any atom is -0.236 e. The third-order valence-electron chi connectivity index (χ3n) is 2.84. The molecule has 0 aliphatic carbocycles. The summed E-state index contributed by atoms with van der Waals surface area (Å²) in [5.41, 5.74) is 3.69. The summed E-state index contributed by atoms with van der Waals surface area (Å²) in [4.78, 5) is 4.23. The number of nitrogens with zero attached hydrogens (tertiary/aromatic N) is 4. The van der Waals surface area contributed by atoms with E-state index in [9.17, 15) is 5.26 Å². The van der Waals surface area contributed by atoms with Crippen LogP contribution in [-0.4, -0.2) is 14.6 Å². The molecule has 0 amide bonds. The number of aryl methyl sites for hydroxylation is 1. The van der Waals surface area contributed by atoms with Crippen LogP contribution < -0.4 is 0 Å². The van der Waals surface area contributed by atoms with E-state index in [0.717, 1.165) is 22.6 Å². The first kappa shape index (κ1) is 11.7. The zero-order valence-electron chi connectivity index (χ0n) is 10.1. The van der Waals surface area contributed by atoms with E-state index < -0.39 is 0 Å². The highest BCUT2D eigenvalue weighted by Gasteiger charge is 2.12. The highest BCUT2D eigenvalue weighted by molar-refractivity contribution is 6.30. The van der Waals surface area contributed by atoms with Gasteiger partial charge in [-0.15, -0.1) is 0 Å². The normalized spacial score (nSPS) is 10.6. The molecule has 0 radical (unpaired) electrons. The van der Waals surface area contributed by atoms with Crippen LogP contribution in [0.15, 0.2) is 36.5 Å². The van der Waals surface area contributed by atoms with Gasteiger partial charge in [-0.3, -0.25) is 0 Å². The molecule has 0 N–H and O–H groups in total. The molecule has 2 aromatic heterocycles. The molecule has 0 saturated heterocycles. The van der Waals surface area contributed by atoms with E-state index in [1.807, 2.05) is 25.1 Å². The van der Waals surface area contributed by atoms with Gasteiger partial charge in [0, 0.05) is 22.8 Å². The van der Waals surface area contributed by atoms with Crippen molar-refractivity contribution in [2.75, 3.05) is 0 Å². The first-order chi connectivity index (χ1) is 9.19.